The molecule has 1 N–H and O–H groups in total. The molecule has 0 aliphatic heterocycles. The van der Waals surface area contributed by atoms with Crippen molar-refractivity contribution in [3.05, 3.63) is 28.2 Å². The Hall–Kier alpha value is -0.540. The third-order valence-corrected chi connectivity index (χ3v) is 4.85. The van der Waals surface area contributed by atoms with E-state index < -0.39 is 0 Å². The van der Waals surface area contributed by atoms with Crippen LogP contribution in [0.25, 0.3) is 0 Å². The number of methoxy groups -OCH3 is 1. The molecule has 0 atom stereocenters. The van der Waals surface area contributed by atoms with Crippen LogP contribution in [0.4, 0.5) is 5.69 Å². The lowest BCUT2D eigenvalue weighted by Crippen LogP contribution is -2.30. The fourth-order valence-corrected chi connectivity index (χ4v) is 3.23. The number of hydrogen-bond acceptors (Lipinski definition) is 2. The zero-order valence-corrected chi connectivity index (χ0v) is 13.7. The molecular formula is C16H24BrNO. The smallest absolute Gasteiger partial charge is 0.0744 e. The van der Waals surface area contributed by atoms with Crippen LogP contribution in [0.5, 0.6) is 0 Å². The first kappa shape index (κ1) is 14.9. The van der Waals surface area contributed by atoms with Crippen LogP contribution in [-0.2, 0) is 11.3 Å². The molecule has 0 aromatic heterocycles. The van der Waals surface area contributed by atoms with Gasteiger partial charge >= 0.3 is 0 Å². The molecule has 106 valence electrons. The molecule has 1 aliphatic carbocycles. The van der Waals surface area contributed by atoms with Crippen molar-refractivity contribution in [1.29, 1.82) is 0 Å². The number of rotatable bonds is 4. The molecule has 1 aromatic carbocycles. The molecule has 0 saturated heterocycles. The molecule has 0 radical (unpaired) electrons. The summed E-state index contributed by atoms with van der Waals surface area (Å²) in [7, 11) is 1.74. The van der Waals surface area contributed by atoms with E-state index >= 15 is 0 Å². The molecule has 1 saturated carbocycles. The van der Waals surface area contributed by atoms with Gasteiger partial charge in [-0.2, -0.15) is 0 Å². The Morgan fingerprint density at radius 1 is 1.32 bits per heavy atom. The minimum absolute atomic E-state index is 0.519. The maximum Gasteiger partial charge on any atom is 0.0744 e. The van der Waals surface area contributed by atoms with Crippen molar-refractivity contribution in [2.75, 3.05) is 12.4 Å². The largest absolute Gasteiger partial charge is 0.382 e. The molecule has 1 fully saturated rings. The Bertz CT molecular complexity index is 421. The molecule has 0 spiro atoms. The average Bonchev–Trinajstić information content (AvgIpc) is 2.36. The zero-order chi connectivity index (χ0) is 13.9. The monoisotopic (exact) mass is 325 g/mol. The van der Waals surface area contributed by atoms with Gasteiger partial charge in [-0.1, -0.05) is 35.8 Å². The second-order valence-electron chi connectivity index (χ2n) is 6.28. The predicted molar refractivity (Wildman–Crippen MR) is 84.5 cm³/mol. The van der Waals surface area contributed by atoms with Crippen LogP contribution in [0, 0.1) is 5.41 Å². The summed E-state index contributed by atoms with van der Waals surface area (Å²) in [5.74, 6) is 0. The van der Waals surface area contributed by atoms with E-state index in [0.717, 1.165) is 4.47 Å². The maximum atomic E-state index is 5.30. The normalized spacial score (nSPS) is 19.4. The standard InChI is InChI=1S/C16H24BrNO/c1-16(2)9-7-12(8-10-16)18-15-6-4-5-14(17)13(15)11-19-3/h4-6,12,18H,7-11H2,1-3H3. The summed E-state index contributed by atoms with van der Waals surface area (Å²) >= 11 is 3.61. The minimum atomic E-state index is 0.519. The van der Waals surface area contributed by atoms with E-state index in [2.05, 4.69) is 53.3 Å². The Kier molecular flexibility index (Phi) is 4.91. The second kappa shape index (κ2) is 6.27. The number of ether oxygens (including phenoxy) is 1. The van der Waals surface area contributed by atoms with Crippen LogP contribution in [0.3, 0.4) is 0 Å². The van der Waals surface area contributed by atoms with Crippen molar-refractivity contribution in [1.82, 2.24) is 0 Å². The summed E-state index contributed by atoms with van der Waals surface area (Å²) in [6, 6.07) is 6.90. The van der Waals surface area contributed by atoms with Gasteiger partial charge < -0.3 is 10.1 Å². The molecule has 1 aliphatic rings. The van der Waals surface area contributed by atoms with E-state index in [-0.39, 0.29) is 0 Å². The predicted octanol–water partition coefficient (Wildman–Crippen LogP) is 4.98. The van der Waals surface area contributed by atoms with Gasteiger partial charge in [0.1, 0.15) is 0 Å². The molecule has 0 heterocycles. The average molecular weight is 326 g/mol. The van der Waals surface area contributed by atoms with Gasteiger partial charge in [0.25, 0.3) is 0 Å². The van der Waals surface area contributed by atoms with Gasteiger partial charge in [-0.25, -0.2) is 0 Å². The lowest BCUT2D eigenvalue weighted by molar-refractivity contribution is 0.184. The van der Waals surface area contributed by atoms with E-state index in [1.807, 2.05) is 0 Å². The summed E-state index contributed by atoms with van der Waals surface area (Å²) < 4.78 is 6.42. The third-order valence-electron chi connectivity index (χ3n) is 4.11. The summed E-state index contributed by atoms with van der Waals surface area (Å²) in [5, 5.41) is 3.70. The highest BCUT2D eigenvalue weighted by atomic mass is 79.9. The number of anilines is 1. The molecule has 2 nitrogen and oxygen atoms in total. The molecule has 1 aromatic rings. The first-order valence-corrected chi connectivity index (χ1v) is 7.84. The molecule has 0 bridgehead atoms. The van der Waals surface area contributed by atoms with Crippen LogP contribution in [-0.4, -0.2) is 13.2 Å². The van der Waals surface area contributed by atoms with Crippen LogP contribution in [0.1, 0.15) is 45.1 Å². The lowest BCUT2D eigenvalue weighted by Gasteiger charge is -2.35. The van der Waals surface area contributed by atoms with Gasteiger partial charge in [-0.05, 0) is 43.2 Å². The highest BCUT2D eigenvalue weighted by Gasteiger charge is 2.27. The van der Waals surface area contributed by atoms with E-state index in [1.165, 1.54) is 36.9 Å². The van der Waals surface area contributed by atoms with Gasteiger partial charge in [-0.15, -0.1) is 0 Å². The molecule has 3 heteroatoms. The summed E-state index contributed by atoms with van der Waals surface area (Å²) in [5.41, 5.74) is 2.95. The summed E-state index contributed by atoms with van der Waals surface area (Å²) in [4.78, 5) is 0. The van der Waals surface area contributed by atoms with Gasteiger partial charge in [0.05, 0.1) is 6.61 Å². The van der Waals surface area contributed by atoms with Crippen LogP contribution < -0.4 is 5.32 Å². The van der Waals surface area contributed by atoms with Crippen molar-refractivity contribution < 1.29 is 4.74 Å². The molecule has 2 rings (SSSR count). The number of hydrogen-bond donors (Lipinski definition) is 1. The zero-order valence-electron chi connectivity index (χ0n) is 12.1. The quantitative estimate of drug-likeness (QED) is 0.843. The number of benzene rings is 1. The lowest BCUT2D eigenvalue weighted by atomic mass is 9.75. The SMILES string of the molecule is COCc1c(Br)cccc1NC1CCC(C)(C)CC1. The van der Waals surface area contributed by atoms with E-state index in [9.17, 15) is 0 Å². The van der Waals surface area contributed by atoms with Crippen molar-refractivity contribution >= 4 is 21.6 Å². The highest BCUT2D eigenvalue weighted by molar-refractivity contribution is 9.10. The molecule has 0 amide bonds. The minimum Gasteiger partial charge on any atom is -0.382 e. The van der Waals surface area contributed by atoms with E-state index in [0.29, 0.717) is 18.1 Å². The van der Waals surface area contributed by atoms with E-state index in [4.69, 9.17) is 4.74 Å². The Labute approximate surface area is 125 Å². The van der Waals surface area contributed by atoms with Crippen molar-refractivity contribution in [2.24, 2.45) is 5.41 Å². The van der Waals surface area contributed by atoms with Gasteiger partial charge in [0.15, 0.2) is 0 Å². The van der Waals surface area contributed by atoms with Crippen LogP contribution >= 0.6 is 15.9 Å². The van der Waals surface area contributed by atoms with Gasteiger partial charge in [0.2, 0.25) is 0 Å². The second-order valence-corrected chi connectivity index (χ2v) is 7.14. The topological polar surface area (TPSA) is 21.3 Å². The van der Waals surface area contributed by atoms with E-state index in [1.54, 1.807) is 7.11 Å². The Morgan fingerprint density at radius 3 is 2.63 bits per heavy atom. The Balaban J connectivity index is 2.05. The fraction of sp³-hybridized carbons (Fsp3) is 0.625. The molecule has 0 unspecified atom stereocenters. The summed E-state index contributed by atoms with van der Waals surface area (Å²) in [6.45, 7) is 5.39. The van der Waals surface area contributed by atoms with Crippen molar-refractivity contribution in [3.8, 4) is 0 Å². The van der Waals surface area contributed by atoms with Crippen molar-refractivity contribution in [2.45, 2.75) is 52.2 Å². The number of halogens is 1. The third kappa shape index (κ3) is 3.96. The van der Waals surface area contributed by atoms with Crippen LogP contribution in [0.15, 0.2) is 22.7 Å². The molecule has 19 heavy (non-hydrogen) atoms. The Morgan fingerprint density at radius 2 is 2.00 bits per heavy atom. The van der Waals surface area contributed by atoms with Gasteiger partial charge in [0, 0.05) is 28.9 Å². The van der Waals surface area contributed by atoms with Crippen molar-refractivity contribution in [3.63, 3.8) is 0 Å². The fourth-order valence-electron chi connectivity index (χ4n) is 2.75. The van der Waals surface area contributed by atoms with Crippen LogP contribution in [0.2, 0.25) is 0 Å². The highest BCUT2D eigenvalue weighted by Crippen LogP contribution is 2.37. The van der Waals surface area contributed by atoms with Gasteiger partial charge in [-0.3, -0.25) is 0 Å². The first-order valence-electron chi connectivity index (χ1n) is 7.05. The number of nitrogens with one attached hydrogen (secondary N) is 1. The maximum absolute atomic E-state index is 5.30. The first-order chi connectivity index (χ1) is 9.02. The summed E-state index contributed by atoms with van der Waals surface area (Å²) in [6.07, 6.45) is 5.12. The molecular weight excluding hydrogens is 302 g/mol.